The minimum absolute atomic E-state index is 0.0707. The lowest BCUT2D eigenvalue weighted by atomic mass is 10.2. The van der Waals surface area contributed by atoms with Crippen LogP contribution in [0.1, 0.15) is 5.56 Å². The molecule has 3 amide bonds. The third-order valence-electron chi connectivity index (χ3n) is 3.25. The number of halogens is 1. The maximum Gasteiger partial charge on any atom is 0.415 e. The second-order valence-electron chi connectivity index (χ2n) is 4.79. The second kappa shape index (κ2) is 5.88. The highest BCUT2D eigenvalue weighted by Gasteiger charge is 2.36. The van der Waals surface area contributed by atoms with Crippen LogP contribution >= 0.6 is 11.8 Å². The smallest absolute Gasteiger partial charge is 0.415 e. The number of amides is 3. The fourth-order valence-electron chi connectivity index (χ4n) is 2.12. The van der Waals surface area contributed by atoms with E-state index in [0.29, 0.717) is 5.04 Å². The number of primary amides is 1. The van der Waals surface area contributed by atoms with Crippen molar-refractivity contribution >= 4 is 40.4 Å². The number of cyclic esters (lactones) is 1. The lowest BCUT2D eigenvalue weighted by Crippen LogP contribution is -2.32. The number of nitrogens with zero attached hydrogens (tertiary/aromatic N) is 2. The Balaban J connectivity index is 1.84. The average Bonchev–Trinajstić information content (AvgIpc) is 2.90. The molecule has 3 rings (SSSR count). The zero-order valence-corrected chi connectivity index (χ0v) is 12.4. The first kappa shape index (κ1) is 15.3. The summed E-state index contributed by atoms with van der Waals surface area (Å²) in [6.45, 7) is -0.0707. The van der Waals surface area contributed by atoms with E-state index in [4.69, 9.17) is 10.5 Å². The number of carbonyl (C=O) groups excluding carboxylic acids is 3. The molecule has 0 unspecified atom stereocenters. The van der Waals surface area contributed by atoms with Crippen LogP contribution < -0.4 is 16.1 Å². The maximum atomic E-state index is 14.3. The third kappa shape index (κ3) is 2.97. The Labute approximate surface area is 133 Å². The largest absolute Gasteiger partial charge is 0.434 e. The van der Waals surface area contributed by atoms with Gasteiger partial charge in [-0.1, -0.05) is 11.8 Å². The van der Waals surface area contributed by atoms with Gasteiger partial charge in [-0.25, -0.2) is 14.6 Å². The lowest BCUT2D eigenvalue weighted by Gasteiger charge is -2.16. The van der Waals surface area contributed by atoms with Crippen molar-refractivity contribution in [3.8, 4) is 0 Å². The van der Waals surface area contributed by atoms with Gasteiger partial charge in [0.05, 0.1) is 18.0 Å². The molecule has 1 aromatic rings. The number of thioether (sulfide) groups is 1. The van der Waals surface area contributed by atoms with Gasteiger partial charge in [0, 0.05) is 5.56 Å². The minimum Gasteiger partial charge on any atom is -0.434 e. The molecule has 8 nitrogen and oxygen atoms in total. The van der Waals surface area contributed by atoms with Crippen LogP contribution in [0.4, 0.5) is 14.9 Å². The fourth-order valence-corrected chi connectivity index (χ4v) is 2.88. The molecular formula is C13H11FN4O4S. The summed E-state index contributed by atoms with van der Waals surface area (Å²) in [6, 6.07) is 4.08. The van der Waals surface area contributed by atoms with Gasteiger partial charge in [0.25, 0.3) is 11.8 Å². The summed E-state index contributed by atoms with van der Waals surface area (Å²) < 4.78 is 19.1. The minimum atomic E-state index is -1.06. The molecule has 1 saturated heterocycles. The van der Waals surface area contributed by atoms with E-state index in [-0.39, 0.29) is 29.5 Å². The number of anilines is 1. The monoisotopic (exact) mass is 338 g/mol. The van der Waals surface area contributed by atoms with Crippen LogP contribution in [0, 0.1) is 5.82 Å². The molecule has 1 aromatic carbocycles. The predicted molar refractivity (Wildman–Crippen MR) is 80.3 cm³/mol. The molecule has 2 aliphatic heterocycles. The summed E-state index contributed by atoms with van der Waals surface area (Å²) in [4.78, 5) is 35.0. The van der Waals surface area contributed by atoms with Gasteiger partial charge in [0.15, 0.2) is 6.10 Å². The Hall–Kier alpha value is -2.62. The molecule has 1 fully saturated rings. The number of nitrogens with one attached hydrogen (secondary N) is 1. The first-order valence-corrected chi connectivity index (χ1v) is 7.51. The zero-order chi connectivity index (χ0) is 16.6. The lowest BCUT2D eigenvalue weighted by molar-refractivity contribution is -0.124. The van der Waals surface area contributed by atoms with Gasteiger partial charge < -0.3 is 10.5 Å². The van der Waals surface area contributed by atoms with Crippen molar-refractivity contribution in [2.24, 2.45) is 10.8 Å². The molecule has 2 aliphatic rings. The standard InChI is InChI=1S/C13H11FN4O4S/c14-8-3-6(18-4-9(11(15)20)22-13(18)21)1-2-7(8)12-17-16-10(19)5-23-12/h1-3,9H,4-5H2,(H2,15,20)(H,16,19)/t9-/m0/s1. The van der Waals surface area contributed by atoms with Crippen LogP contribution in [0.3, 0.4) is 0 Å². The van der Waals surface area contributed by atoms with E-state index in [1.165, 1.54) is 12.1 Å². The first-order chi connectivity index (χ1) is 11.0. The van der Waals surface area contributed by atoms with E-state index in [0.717, 1.165) is 22.7 Å². The van der Waals surface area contributed by atoms with Crippen molar-refractivity contribution in [1.82, 2.24) is 5.43 Å². The molecule has 0 bridgehead atoms. The highest BCUT2D eigenvalue weighted by molar-refractivity contribution is 8.15. The molecule has 120 valence electrons. The Bertz CT molecular complexity index is 739. The summed E-state index contributed by atoms with van der Waals surface area (Å²) in [5.74, 6) is -1.48. The molecule has 10 heteroatoms. The Morgan fingerprint density at radius 3 is 2.83 bits per heavy atom. The van der Waals surface area contributed by atoms with Crippen LogP contribution in [0.5, 0.6) is 0 Å². The number of hydrazone groups is 1. The van der Waals surface area contributed by atoms with Gasteiger partial charge in [-0.05, 0) is 18.2 Å². The number of rotatable bonds is 3. The summed E-state index contributed by atoms with van der Waals surface area (Å²) in [5, 5.41) is 4.13. The number of ether oxygens (including phenoxy) is 1. The van der Waals surface area contributed by atoms with E-state index in [1.807, 2.05) is 0 Å². The summed E-state index contributed by atoms with van der Waals surface area (Å²) >= 11 is 1.11. The van der Waals surface area contributed by atoms with E-state index < -0.39 is 23.9 Å². The molecule has 3 N–H and O–H groups in total. The predicted octanol–water partition coefficient (Wildman–Crippen LogP) is 0.161. The van der Waals surface area contributed by atoms with Gasteiger partial charge in [-0.15, -0.1) is 0 Å². The van der Waals surface area contributed by atoms with Crippen molar-refractivity contribution in [1.29, 1.82) is 0 Å². The molecule has 0 radical (unpaired) electrons. The summed E-state index contributed by atoms with van der Waals surface area (Å²) in [7, 11) is 0. The highest BCUT2D eigenvalue weighted by atomic mass is 32.2. The quantitative estimate of drug-likeness (QED) is 0.815. The van der Waals surface area contributed by atoms with Crippen LogP contribution in [0.15, 0.2) is 23.3 Å². The van der Waals surface area contributed by atoms with Crippen LogP contribution in [0.2, 0.25) is 0 Å². The van der Waals surface area contributed by atoms with Crippen LogP contribution in [-0.2, 0) is 14.3 Å². The molecule has 0 aromatic heterocycles. The molecule has 0 saturated carbocycles. The van der Waals surface area contributed by atoms with Gasteiger partial charge in [-0.3, -0.25) is 14.5 Å². The molecule has 2 heterocycles. The topological polar surface area (TPSA) is 114 Å². The Kier molecular flexibility index (Phi) is 3.90. The van der Waals surface area contributed by atoms with Crippen molar-refractivity contribution in [2.75, 3.05) is 17.2 Å². The molecular weight excluding hydrogens is 327 g/mol. The number of hydrogen-bond donors (Lipinski definition) is 2. The van der Waals surface area contributed by atoms with Crippen molar-refractivity contribution < 1.29 is 23.5 Å². The number of carbonyl (C=O) groups is 3. The average molecular weight is 338 g/mol. The molecule has 0 spiro atoms. The SMILES string of the molecule is NC(=O)[C@@H]1CN(c2ccc(C3=NNC(=O)CS3)c(F)c2)C(=O)O1. The normalized spacial score (nSPS) is 20.8. The number of nitrogens with two attached hydrogens (primary N) is 1. The Morgan fingerprint density at radius 2 is 2.26 bits per heavy atom. The molecule has 23 heavy (non-hydrogen) atoms. The van der Waals surface area contributed by atoms with E-state index in [2.05, 4.69) is 10.5 Å². The molecule has 1 atom stereocenters. The van der Waals surface area contributed by atoms with E-state index in [9.17, 15) is 18.8 Å². The zero-order valence-electron chi connectivity index (χ0n) is 11.6. The van der Waals surface area contributed by atoms with Gasteiger partial charge in [0.2, 0.25) is 0 Å². The third-order valence-corrected chi connectivity index (χ3v) is 4.24. The van der Waals surface area contributed by atoms with Gasteiger partial charge >= 0.3 is 6.09 Å². The summed E-state index contributed by atoms with van der Waals surface area (Å²) in [5.41, 5.74) is 7.82. The fraction of sp³-hybridized carbons (Fsp3) is 0.231. The van der Waals surface area contributed by atoms with Gasteiger partial charge in [-0.2, -0.15) is 5.10 Å². The second-order valence-corrected chi connectivity index (χ2v) is 5.75. The maximum absolute atomic E-state index is 14.3. The highest BCUT2D eigenvalue weighted by Crippen LogP contribution is 2.26. The number of hydrogen-bond acceptors (Lipinski definition) is 6. The van der Waals surface area contributed by atoms with E-state index >= 15 is 0 Å². The van der Waals surface area contributed by atoms with Crippen molar-refractivity contribution in [3.05, 3.63) is 29.6 Å². The van der Waals surface area contributed by atoms with Crippen molar-refractivity contribution in [3.63, 3.8) is 0 Å². The van der Waals surface area contributed by atoms with Gasteiger partial charge in [0.1, 0.15) is 10.9 Å². The van der Waals surface area contributed by atoms with Crippen LogP contribution in [-0.4, -0.2) is 41.4 Å². The van der Waals surface area contributed by atoms with Crippen molar-refractivity contribution in [2.45, 2.75) is 6.10 Å². The Morgan fingerprint density at radius 1 is 1.48 bits per heavy atom. The number of benzene rings is 1. The van der Waals surface area contributed by atoms with E-state index in [1.54, 1.807) is 0 Å². The van der Waals surface area contributed by atoms with Crippen LogP contribution in [0.25, 0.3) is 0 Å². The first-order valence-electron chi connectivity index (χ1n) is 6.52. The molecule has 0 aliphatic carbocycles. The summed E-state index contributed by atoms with van der Waals surface area (Å²) in [6.07, 6.45) is -1.82.